The topological polar surface area (TPSA) is 82.0 Å². The summed E-state index contributed by atoms with van der Waals surface area (Å²) in [5.74, 6) is 0.776. The summed E-state index contributed by atoms with van der Waals surface area (Å²) in [5, 5.41) is 17.1. The lowest BCUT2D eigenvalue weighted by atomic mass is 10.1. The molecule has 2 rings (SSSR count). The first-order valence-corrected chi connectivity index (χ1v) is 9.57. The monoisotopic (exact) mass is 363 g/mol. The first-order valence-electron chi connectivity index (χ1n) is 9.57. The lowest BCUT2D eigenvalue weighted by Crippen LogP contribution is -2.49. The van der Waals surface area contributed by atoms with Crippen molar-refractivity contribution in [3.8, 4) is 0 Å². The quantitative estimate of drug-likeness (QED) is 0.347. The largest absolute Gasteiger partial charge is 0.386 e. The van der Waals surface area contributed by atoms with Gasteiger partial charge in [-0.1, -0.05) is 0 Å². The van der Waals surface area contributed by atoms with E-state index in [9.17, 15) is 5.11 Å². The van der Waals surface area contributed by atoms with Crippen LogP contribution in [0.4, 0.5) is 0 Å². The molecule has 0 aliphatic carbocycles. The van der Waals surface area contributed by atoms with Crippen molar-refractivity contribution >= 4 is 5.96 Å². The highest BCUT2D eigenvalue weighted by atomic mass is 16.5. The molecule has 26 heavy (non-hydrogen) atoms. The fraction of sp³-hybridized carbons (Fsp3) is 0.684. The number of hydrogen-bond donors (Lipinski definition) is 3. The minimum absolute atomic E-state index is 0.329. The predicted molar refractivity (Wildman–Crippen MR) is 104 cm³/mol. The number of hydrogen-bond acceptors (Lipinski definition) is 5. The van der Waals surface area contributed by atoms with Gasteiger partial charge >= 0.3 is 0 Å². The normalized spacial score (nSPS) is 17.9. The molecule has 1 aliphatic heterocycles. The summed E-state index contributed by atoms with van der Waals surface area (Å²) < 4.78 is 5.12. The Morgan fingerprint density at radius 3 is 2.77 bits per heavy atom. The molecule has 0 saturated carbocycles. The van der Waals surface area contributed by atoms with E-state index in [1.165, 1.54) is 0 Å². The molecule has 1 aromatic heterocycles. The van der Waals surface area contributed by atoms with Gasteiger partial charge in [0.1, 0.15) is 0 Å². The summed E-state index contributed by atoms with van der Waals surface area (Å²) in [5.41, 5.74) is 0.837. The van der Waals surface area contributed by atoms with Crippen LogP contribution in [0, 0.1) is 0 Å². The second-order valence-electron chi connectivity index (χ2n) is 6.62. The number of nitrogens with zero attached hydrogens (tertiary/aromatic N) is 3. The van der Waals surface area contributed by atoms with E-state index in [-0.39, 0.29) is 0 Å². The van der Waals surface area contributed by atoms with Crippen molar-refractivity contribution in [3.63, 3.8) is 0 Å². The Hall–Kier alpha value is -1.70. The van der Waals surface area contributed by atoms with E-state index >= 15 is 0 Å². The Kier molecular flexibility index (Phi) is 9.38. The molecular formula is C19H33N5O2. The Bertz CT molecular complexity index is 518. The second-order valence-corrected chi connectivity index (χ2v) is 6.62. The van der Waals surface area contributed by atoms with Crippen LogP contribution in [0.2, 0.25) is 0 Å². The maximum absolute atomic E-state index is 10.3. The van der Waals surface area contributed by atoms with Gasteiger partial charge in [0.2, 0.25) is 0 Å². The molecule has 146 valence electrons. The molecule has 1 aliphatic rings. The summed E-state index contributed by atoms with van der Waals surface area (Å²) in [6.07, 6.45) is 6.05. The average molecular weight is 364 g/mol. The van der Waals surface area contributed by atoms with Gasteiger partial charge in [-0.05, 0) is 43.9 Å². The molecule has 0 radical (unpaired) electrons. The van der Waals surface area contributed by atoms with Crippen molar-refractivity contribution in [1.82, 2.24) is 20.5 Å². The smallest absolute Gasteiger partial charge is 0.191 e. The van der Waals surface area contributed by atoms with Gasteiger partial charge in [0, 0.05) is 58.3 Å². The van der Waals surface area contributed by atoms with Crippen LogP contribution in [0.15, 0.2) is 29.5 Å². The van der Waals surface area contributed by atoms with Gasteiger partial charge in [0.15, 0.2) is 5.96 Å². The standard InChI is InChI=1S/C19H33N5O2/c1-3-21-19(22-15-18(25)16-5-9-20-10-6-16)23-17-7-12-24(13-8-17)11-4-14-26-2/h5-6,9-10,17-18,25H,3-4,7-8,11-15H2,1-2H3,(H2,21,22,23). The number of nitrogens with one attached hydrogen (secondary N) is 2. The highest BCUT2D eigenvalue weighted by molar-refractivity contribution is 5.80. The molecule has 0 amide bonds. The minimum Gasteiger partial charge on any atom is -0.386 e. The van der Waals surface area contributed by atoms with Crippen molar-refractivity contribution in [3.05, 3.63) is 30.1 Å². The molecule has 0 spiro atoms. The number of pyridine rings is 1. The van der Waals surface area contributed by atoms with E-state index in [4.69, 9.17) is 4.74 Å². The second kappa shape index (κ2) is 11.8. The number of aromatic nitrogens is 1. The molecule has 0 bridgehead atoms. The Balaban J connectivity index is 1.79. The molecule has 1 unspecified atom stereocenters. The molecule has 7 heteroatoms. The van der Waals surface area contributed by atoms with Gasteiger partial charge in [0.05, 0.1) is 12.6 Å². The van der Waals surface area contributed by atoms with E-state index in [1.54, 1.807) is 19.5 Å². The number of aliphatic imine (C=N–C) groups is 1. The van der Waals surface area contributed by atoms with Crippen molar-refractivity contribution < 1.29 is 9.84 Å². The number of aliphatic hydroxyl groups excluding tert-OH is 1. The first-order chi connectivity index (χ1) is 12.7. The Labute approximate surface area is 156 Å². The molecule has 7 nitrogen and oxygen atoms in total. The fourth-order valence-electron chi connectivity index (χ4n) is 3.12. The summed E-state index contributed by atoms with van der Waals surface area (Å²) >= 11 is 0. The summed E-state index contributed by atoms with van der Waals surface area (Å²) in [6.45, 7) is 7.31. The van der Waals surface area contributed by atoms with Gasteiger partial charge < -0.3 is 25.4 Å². The van der Waals surface area contributed by atoms with Crippen molar-refractivity contribution in [2.45, 2.75) is 38.3 Å². The Morgan fingerprint density at radius 2 is 2.12 bits per heavy atom. The van der Waals surface area contributed by atoms with Gasteiger partial charge in [0.25, 0.3) is 0 Å². The van der Waals surface area contributed by atoms with Crippen molar-refractivity contribution in [2.75, 3.05) is 46.4 Å². The number of guanidine groups is 1. The number of ether oxygens (including phenoxy) is 1. The van der Waals surface area contributed by atoms with Gasteiger partial charge in [-0.3, -0.25) is 9.98 Å². The molecule has 1 aromatic rings. The van der Waals surface area contributed by atoms with Crippen LogP contribution in [0.25, 0.3) is 0 Å². The number of rotatable bonds is 9. The van der Waals surface area contributed by atoms with Gasteiger partial charge in [-0.25, -0.2) is 0 Å². The zero-order valence-corrected chi connectivity index (χ0v) is 16.0. The molecule has 2 heterocycles. The molecule has 1 fully saturated rings. The van der Waals surface area contributed by atoms with E-state index < -0.39 is 6.10 Å². The maximum atomic E-state index is 10.3. The number of likely N-dealkylation sites (tertiary alicyclic amines) is 1. The number of methoxy groups -OCH3 is 1. The third-order valence-corrected chi connectivity index (χ3v) is 4.61. The predicted octanol–water partition coefficient (Wildman–Crippen LogP) is 1.17. The van der Waals surface area contributed by atoms with Crippen LogP contribution in [0.3, 0.4) is 0 Å². The molecule has 1 saturated heterocycles. The van der Waals surface area contributed by atoms with E-state index in [0.29, 0.717) is 12.6 Å². The number of piperidine rings is 1. The Morgan fingerprint density at radius 1 is 1.38 bits per heavy atom. The van der Waals surface area contributed by atoms with Gasteiger partial charge in [-0.15, -0.1) is 0 Å². The molecule has 3 N–H and O–H groups in total. The van der Waals surface area contributed by atoms with Crippen LogP contribution < -0.4 is 10.6 Å². The SMILES string of the molecule is CCNC(=NCC(O)c1ccncc1)NC1CCN(CCCOC)CC1. The van der Waals surface area contributed by atoms with Crippen LogP contribution in [0.1, 0.15) is 37.9 Å². The van der Waals surface area contributed by atoms with E-state index in [1.807, 2.05) is 12.1 Å². The molecular weight excluding hydrogens is 330 g/mol. The fourth-order valence-corrected chi connectivity index (χ4v) is 3.12. The zero-order chi connectivity index (χ0) is 18.6. The third kappa shape index (κ3) is 7.27. The summed E-state index contributed by atoms with van der Waals surface area (Å²) in [4.78, 5) is 11.0. The van der Waals surface area contributed by atoms with Crippen LogP contribution in [0.5, 0.6) is 0 Å². The summed E-state index contributed by atoms with van der Waals surface area (Å²) in [6, 6.07) is 4.06. The lowest BCUT2D eigenvalue weighted by molar-refractivity contribution is 0.155. The lowest BCUT2D eigenvalue weighted by Gasteiger charge is -2.33. The van der Waals surface area contributed by atoms with Crippen LogP contribution >= 0.6 is 0 Å². The van der Waals surface area contributed by atoms with Crippen molar-refractivity contribution in [1.29, 1.82) is 0 Å². The average Bonchev–Trinajstić information content (AvgIpc) is 2.68. The van der Waals surface area contributed by atoms with Gasteiger partial charge in [-0.2, -0.15) is 0 Å². The number of aliphatic hydroxyl groups is 1. The maximum Gasteiger partial charge on any atom is 0.191 e. The first kappa shape index (κ1) is 20.6. The highest BCUT2D eigenvalue weighted by Gasteiger charge is 2.19. The van der Waals surface area contributed by atoms with E-state index in [0.717, 1.165) is 63.6 Å². The third-order valence-electron chi connectivity index (χ3n) is 4.61. The minimum atomic E-state index is -0.615. The summed E-state index contributed by atoms with van der Waals surface area (Å²) in [7, 11) is 1.75. The highest BCUT2D eigenvalue weighted by Crippen LogP contribution is 2.12. The van der Waals surface area contributed by atoms with E-state index in [2.05, 4.69) is 32.4 Å². The zero-order valence-electron chi connectivity index (χ0n) is 16.0. The molecule has 0 aromatic carbocycles. The van der Waals surface area contributed by atoms with Crippen LogP contribution in [-0.4, -0.2) is 73.4 Å². The van der Waals surface area contributed by atoms with Crippen molar-refractivity contribution in [2.24, 2.45) is 4.99 Å². The van der Waals surface area contributed by atoms with Crippen LogP contribution in [-0.2, 0) is 4.74 Å². The molecule has 1 atom stereocenters.